The van der Waals surface area contributed by atoms with E-state index in [0.717, 1.165) is 5.76 Å². The van der Waals surface area contributed by atoms with E-state index >= 15 is 0 Å². The van der Waals surface area contributed by atoms with E-state index < -0.39 is 5.97 Å². The molecule has 0 atom stereocenters. The van der Waals surface area contributed by atoms with Crippen LogP contribution in [0, 0.1) is 13.8 Å². The molecule has 2 rings (SSSR count). The van der Waals surface area contributed by atoms with Crippen LogP contribution in [0.3, 0.4) is 0 Å². The molecule has 0 fully saturated rings. The molecule has 0 aromatic carbocycles. The van der Waals surface area contributed by atoms with Crippen molar-refractivity contribution in [2.45, 2.75) is 13.8 Å². The molecule has 4 heteroatoms. The summed E-state index contributed by atoms with van der Waals surface area (Å²) in [5, 5.41) is 8.87. The lowest BCUT2D eigenvalue weighted by molar-refractivity contribution is 0.0695. The minimum Gasteiger partial charge on any atom is -0.478 e. The van der Waals surface area contributed by atoms with Crippen molar-refractivity contribution in [3.05, 3.63) is 41.3 Å². The molecule has 0 spiro atoms. The van der Waals surface area contributed by atoms with E-state index in [2.05, 4.69) is 4.98 Å². The molecular weight excluding hydrogens is 206 g/mol. The van der Waals surface area contributed by atoms with E-state index in [1.807, 2.05) is 19.1 Å². The highest BCUT2D eigenvalue weighted by atomic mass is 16.4. The summed E-state index contributed by atoms with van der Waals surface area (Å²) >= 11 is 0. The highest BCUT2D eigenvalue weighted by Gasteiger charge is 2.11. The molecule has 0 aliphatic carbocycles. The number of aromatic carboxylic acids is 1. The van der Waals surface area contributed by atoms with E-state index in [-0.39, 0.29) is 5.56 Å². The van der Waals surface area contributed by atoms with Crippen molar-refractivity contribution in [2.24, 2.45) is 0 Å². The first-order chi connectivity index (χ1) is 7.58. The molecule has 0 radical (unpaired) electrons. The molecule has 4 nitrogen and oxygen atoms in total. The van der Waals surface area contributed by atoms with Gasteiger partial charge >= 0.3 is 5.97 Å². The molecule has 1 N–H and O–H groups in total. The number of nitrogens with zero attached hydrogens (tertiary/aromatic N) is 1. The second kappa shape index (κ2) is 3.81. The number of furan rings is 1. The van der Waals surface area contributed by atoms with Crippen LogP contribution >= 0.6 is 0 Å². The minimum atomic E-state index is -0.966. The van der Waals surface area contributed by atoms with Gasteiger partial charge in [-0.15, -0.1) is 0 Å². The van der Waals surface area contributed by atoms with Crippen LogP contribution in [0.1, 0.15) is 21.8 Å². The molecule has 16 heavy (non-hydrogen) atoms. The number of aromatic nitrogens is 1. The van der Waals surface area contributed by atoms with Gasteiger partial charge in [-0.3, -0.25) is 0 Å². The summed E-state index contributed by atoms with van der Waals surface area (Å²) in [6, 6.07) is 6.85. The summed E-state index contributed by atoms with van der Waals surface area (Å²) in [5.41, 5.74) is 1.35. The average Bonchev–Trinajstić information content (AvgIpc) is 2.64. The zero-order chi connectivity index (χ0) is 11.7. The van der Waals surface area contributed by atoms with Gasteiger partial charge in [-0.1, -0.05) is 0 Å². The Labute approximate surface area is 92.6 Å². The molecular formula is C12H11NO3. The number of aryl methyl sites for hydroxylation is 2. The molecule has 2 heterocycles. The summed E-state index contributed by atoms with van der Waals surface area (Å²) in [6.07, 6.45) is 0. The number of hydrogen-bond donors (Lipinski definition) is 1. The van der Waals surface area contributed by atoms with Crippen LogP contribution in [0.5, 0.6) is 0 Å². The van der Waals surface area contributed by atoms with Crippen molar-refractivity contribution in [3.8, 4) is 11.5 Å². The average molecular weight is 217 g/mol. The van der Waals surface area contributed by atoms with Gasteiger partial charge in [0.05, 0.1) is 11.3 Å². The van der Waals surface area contributed by atoms with Gasteiger partial charge in [0.25, 0.3) is 0 Å². The molecule has 2 aromatic heterocycles. The Kier molecular flexibility index (Phi) is 2.48. The van der Waals surface area contributed by atoms with E-state index in [4.69, 9.17) is 9.52 Å². The lowest BCUT2D eigenvalue weighted by Gasteiger charge is -2.02. The van der Waals surface area contributed by atoms with E-state index in [1.54, 1.807) is 13.0 Å². The van der Waals surface area contributed by atoms with Crippen molar-refractivity contribution >= 4 is 5.97 Å². The highest BCUT2D eigenvalue weighted by Crippen LogP contribution is 2.21. The Morgan fingerprint density at radius 2 is 2.00 bits per heavy atom. The molecule has 0 aliphatic heterocycles. The SMILES string of the molecule is Cc1ccc(-c2ccc(C(=O)O)c(C)n2)o1. The number of hydrogen-bond acceptors (Lipinski definition) is 3. The Morgan fingerprint density at radius 1 is 1.25 bits per heavy atom. The first-order valence-electron chi connectivity index (χ1n) is 4.85. The second-order valence-corrected chi connectivity index (χ2v) is 3.54. The van der Waals surface area contributed by atoms with Crippen molar-refractivity contribution in [2.75, 3.05) is 0 Å². The normalized spacial score (nSPS) is 10.4. The summed E-state index contributed by atoms with van der Waals surface area (Å²) in [6.45, 7) is 3.52. The smallest absolute Gasteiger partial charge is 0.337 e. The Morgan fingerprint density at radius 3 is 2.50 bits per heavy atom. The molecule has 0 unspecified atom stereocenters. The molecule has 0 saturated heterocycles. The van der Waals surface area contributed by atoms with Crippen LogP contribution in [-0.4, -0.2) is 16.1 Å². The fourth-order valence-corrected chi connectivity index (χ4v) is 1.50. The predicted octanol–water partition coefficient (Wildman–Crippen LogP) is 2.66. The number of carboxylic acid groups (broad SMARTS) is 1. The Hall–Kier alpha value is -2.10. The summed E-state index contributed by atoms with van der Waals surface area (Å²) < 4.78 is 5.41. The number of rotatable bonds is 2. The zero-order valence-corrected chi connectivity index (χ0v) is 9.02. The Bertz CT molecular complexity index is 543. The van der Waals surface area contributed by atoms with Crippen LogP contribution in [-0.2, 0) is 0 Å². The maximum atomic E-state index is 10.8. The monoisotopic (exact) mass is 217 g/mol. The highest BCUT2D eigenvalue weighted by molar-refractivity contribution is 5.89. The first kappa shape index (κ1) is 10.4. The van der Waals surface area contributed by atoms with Gasteiger partial charge < -0.3 is 9.52 Å². The third-order valence-corrected chi connectivity index (χ3v) is 2.31. The summed E-state index contributed by atoms with van der Waals surface area (Å²) in [5.74, 6) is 0.487. The molecule has 0 saturated carbocycles. The first-order valence-corrected chi connectivity index (χ1v) is 4.85. The van der Waals surface area contributed by atoms with Crippen molar-refractivity contribution in [1.82, 2.24) is 4.98 Å². The fraction of sp³-hybridized carbons (Fsp3) is 0.167. The standard InChI is InChI=1S/C12H11NO3/c1-7-3-6-11(16-7)10-5-4-9(12(14)15)8(2)13-10/h3-6H,1-2H3,(H,14,15). The van der Waals surface area contributed by atoms with Crippen molar-refractivity contribution in [3.63, 3.8) is 0 Å². The van der Waals surface area contributed by atoms with E-state index in [9.17, 15) is 4.79 Å². The van der Waals surface area contributed by atoms with E-state index in [0.29, 0.717) is 17.1 Å². The maximum Gasteiger partial charge on any atom is 0.337 e. The lowest BCUT2D eigenvalue weighted by atomic mass is 10.1. The van der Waals surface area contributed by atoms with Crippen molar-refractivity contribution < 1.29 is 14.3 Å². The van der Waals surface area contributed by atoms with Gasteiger partial charge in [0.1, 0.15) is 11.5 Å². The quantitative estimate of drug-likeness (QED) is 0.839. The van der Waals surface area contributed by atoms with Crippen LogP contribution < -0.4 is 0 Å². The Balaban J connectivity index is 2.45. The zero-order valence-electron chi connectivity index (χ0n) is 9.02. The molecule has 0 amide bonds. The molecule has 2 aromatic rings. The van der Waals surface area contributed by atoms with Gasteiger partial charge in [0.2, 0.25) is 0 Å². The molecule has 82 valence electrons. The van der Waals surface area contributed by atoms with Crippen molar-refractivity contribution in [1.29, 1.82) is 0 Å². The maximum absolute atomic E-state index is 10.8. The predicted molar refractivity (Wildman–Crippen MR) is 58.4 cm³/mol. The largest absolute Gasteiger partial charge is 0.478 e. The third kappa shape index (κ3) is 1.82. The van der Waals surface area contributed by atoms with Crippen LogP contribution in [0.2, 0.25) is 0 Å². The fourth-order valence-electron chi connectivity index (χ4n) is 1.50. The minimum absolute atomic E-state index is 0.215. The topological polar surface area (TPSA) is 63.3 Å². The van der Waals surface area contributed by atoms with Gasteiger partial charge in [-0.25, -0.2) is 9.78 Å². The summed E-state index contributed by atoms with van der Waals surface area (Å²) in [4.78, 5) is 15.0. The summed E-state index contributed by atoms with van der Waals surface area (Å²) in [7, 11) is 0. The number of carboxylic acids is 1. The molecule has 0 aliphatic rings. The van der Waals surface area contributed by atoms with E-state index in [1.165, 1.54) is 6.07 Å². The van der Waals surface area contributed by atoms with Crippen LogP contribution in [0.25, 0.3) is 11.5 Å². The van der Waals surface area contributed by atoms with Gasteiger partial charge in [-0.2, -0.15) is 0 Å². The van der Waals surface area contributed by atoms with Gasteiger partial charge in [0.15, 0.2) is 5.76 Å². The van der Waals surface area contributed by atoms with Gasteiger partial charge in [-0.05, 0) is 38.1 Å². The lowest BCUT2D eigenvalue weighted by Crippen LogP contribution is -2.01. The number of pyridine rings is 1. The number of carbonyl (C=O) groups is 1. The van der Waals surface area contributed by atoms with Crippen LogP contribution in [0.15, 0.2) is 28.7 Å². The third-order valence-electron chi connectivity index (χ3n) is 2.31. The second-order valence-electron chi connectivity index (χ2n) is 3.54. The molecule has 0 bridgehead atoms. The van der Waals surface area contributed by atoms with Gasteiger partial charge in [0, 0.05) is 0 Å². The van der Waals surface area contributed by atoms with Crippen LogP contribution in [0.4, 0.5) is 0 Å².